The Morgan fingerprint density at radius 3 is 3.08 bits per heavy atom. The molecule has 0 saturated carbocycles. The summed E-state index contributed by atoms with van der Waals surface area (Å²) in [6.07, 6.45) is 9.43. The molecule has 3 aromatic heterocycles. The highest BCUT2D eigenvalue weighted by molar-refractivity contribution is 7.13. The third-order valence-corrected chi connectivity index (χ3v) is 5.29. The number of aromatic nitrogens is 5. The first-order valence-corrected chi connectivity index (χ1v) is 9.35. The van der Waals surface area contributed by atoms with Gasteiger partial charge >= 0.3 is 0 Å². The molecule has 1 aliphatic rings. The number of hydrogen-bond acceptors (Lipinski definition) is 7. The van der Waals surface area contributed by atoms with Crippen LogP contribution in [0.1, 0.15) is 35.8 Å². The third-order valence-electron chi connectivity index (χ3n) is 4.41. The van der Waals surface area contributed by atoms with Gasteiger partial charge in [0.25, 0.3) is 0 Å². The second-order valence-corrected chi connectivity index (χ2v) is 7.22. The van der Waals surface area contributed by atoms with E-state index in [1.54, 1.807) is 30.1 Å². The van der Waals surface area contributed by atoms with E-state index < -0.39 is 0 Å². The van der Waals surface area contributed by atoms with Crippen LogP contribution in [0.5, 0.6) is 0 Å². The van der Waals surface area contributed by atoms with Gasteiger partial charge in [0.1, 0.15) is 0 Å². The number of piperidine rings is 1. The number of thiazole rings is 1. The fourth-order valence-electron chi connectivity index (χ4n) is 3.29. The van der Waals surface area contributed by atoms with Crippen LogP contribution in [0.15, 0.2) is 30.3 Å². The largest absolute Gasteiger partial charge is 0.347 e. The molecule has 0 bridgehead atoms. The summed E-state index contributed by atoms with van der Waals surface area (Å²) in [5, 5.41) is 6.25. The second-order valence-electron chi connectivity index (χ2n) is 6.36. The monoisotopic (exact) mass is 355 g/mol. The van der Waals surface area contributed by atoms with Crippen molar-refractivity contribution in [3.05, 3.63) is 47.4 Å². The van der Waals surface area contributed by atoms with Crippen LogP contribution < -0.4 is 5.32 Å². The fraction of sp³-hybridized carbons (Fsp3) is 0.412. The van der Waals surface area contributed by atoms with E-state index in [1.807, 2.05) is 18.5 Å². The lowest BCUT2D eigenvalue weighted by Gasteiger charge is -2.32. The predicted octanol–water partition coefficient (Wildman–Crippen LogP) is 3.09. The molecular formula is C17H21N7S. The van der Waals surface area contributed by atoms with Crippen LogP contribution in [-0.2, 0) is 6.54 Å². The van der Waals surface area contributed by atoms with Crippen molar-refractivity contribution in [2.24, 2.45) is 0 Å². The quantitative estimate of drug-likeness (QED) is 0.732. The van der Waals surface area contributed by atoms with Gasteiger partial charge in [-0.05, 0) is 26.3 Å². The molecular weight excluding hydrogens is 334 g/mol. The van der Waals surface area contributed by atoms with Gasteiger partial charge in [0.15, 0.2) is 10.9 Å². The smallest absolute Gasteiger partial charge is 0.188 e. The van der Waals surface area contributed by atoms with Gasteiger partial charge < -0.3 is 10.3 Å². The van der Waals surface area contributed by atoms with E-state index in [4.69, 9.17) is 0 Å². The minimum Gasteiger partial charge on any atom is -0.347 e. The maximum atomic E-state index is 4.64. The van der Waals surface area contributed by atoms with Crippen LogP contribution in [0.3, 0.4) is 0 Å². The van der Waals surface area contributed by atoms with Crippen LogP contribution in [0, 0.1) is 6.92 Å². The summed E-state index contributed by atoms with van der Waals surface area (Å²) in [5.41, 5.74) is 3.20. The zero-order valence-corrected chi connectivity index (χ0v) is 15.0. The highest BCUT2D eigenvalue weighted by atomic mass is 32.1. The molecule has 0 radical (unpaired) electrons. The molecule has 0 aliphatic carbocycles. The number of H-pyrrole nitrogens is 1. The van der Waals surface area contributed by atoms with Crippen LogP contribution in [-0.4, -0.2) is 42.9 Å². The number of rotatable bonds is 5. The van der Waals surface area contributed by atoms with Gasteiger partial charge in [0.05, 0.1) is 17.7 Å². The van der Waals surface area contributed by atoms with Gasteiger partial charge in [-0.1, -0.05) is 0 Å². The highest BCUT2D eigenvalue weighted by Crippen LogP contribution is 2.31. The normalized spacial score (nSPS) is 18.4. The molecule has 0 spiro atoms. The molecule has 130 valence electrons. The average Bonchev–Trinajstić information content (AvgIpc) is 3.27. The van der Waals surface area contributed by atoms with Crippen molar-refractivity contribution < 1.29 is 0 Å². The maximum Gasteiger partial charge on any atom is 0.188 e. The van der Waals surface area contributed by atoms with Gasteiger partial charge in [0.2, 0.25) is 0 Å². The van der Waals surface area contributed by atoms with Crippen molar-refractivity contribution >= 4 is 22.3 Å². The van der Waals surface area contributed by atoms with E-state index in [0.29, 0.717) is 5.92 Å². The molecule has 1 atom stereocenters. The van der Waals surface area contributed by atoms with Crippen LogP contribution in [0.25, 0.3) is 0 Å². The molecule has 4 rings (SSSR count). The number of nitrogens with one attached hydrogen (secondary N) is 2. The first-order valence-electron chi connectivity index (χ1n) is 8.47. The van der Waals surface area contributed by atoms with E-state index in [0.717, 1.165) is 60.5 Å². The van der Waals surface area contributed by atoms with Gasteiger partial charge in [-0.2, -0.15) is 0 Å². The minimum absolute atomic E-state index is 0.369. The van der Waals surface area contributed by atoms with E-state index in [-0.39, 0.29) is 0 Å². The van der Waals surface area contributed by atoms with Crippen molar-refractivity contribution in [3.8, 4) is 0 Å². The molecule has 8 heteroatoms. The number of likely N-dealkylation sites (tertiary alicyclic amines) is 1. The highest BCUT2D eigenvalue weighted by Gasteiger charge is 2.25. The Hall–Kier alpha value is -2.32. The van der Waals surface area contributed by atoms with Crippen molar-refractivity contribution in [1.82, 2.24) is 29.8 Å². The fourth-order valence-corrected chi connectivity index (χ4v) is 3.98. The van der Waals surface area contributed by atoms with E-state index >= 15 is 0 Å². The number of aryl methyl sites for hydroxylation is 1. The number of imidazole rings is 1. The van der Waals surface area contributed by atoms with Crippen LogP contribution in [0.2, 0.25) is 0 Å². The van der Waals surface area contributed by atoms with E-state index in [1.165, 1.54) is 0 Å². The van der Waals surface area contributed by atoms with Gasteiger partial charge in [-0.15, -0.1) is 11.3 Å². The summed E-state index contributed by atoms with van der Waals surface area (Å²) in [4.78, 5) is 23.4. The molecule has 7 nitrogen and oxygen atoms in total. The Morgan fingerprint density at radius 1 is 1.36 bits per heavy atom. The SMILES string of the molecule is Cc1csc(Nc2nccnc2[C@@H]2CCCN(Cc3cnc[nH]3)C2)n1. The lowest BCUT2D eigenvalue weighted by molar-refractivity contribution is 0.197. The molecule has 0 unspecified atom stereocenters. The Labute approximate surface area is 150 Å². The summed E-state index contributed by atoms with van der Waals surface area (Å²) in [6, 6.07) is 0. The molecule has 2 N–H and O–H groups in total. The summed E-state index contributed by atoms with van der Waals surface area (Å²) < 4.78 is 0. The number of hydrogen-bond donors (Lipinski definition) is 2. The number of aromatic amines is 1. The Bertz CT molecular complexity index is 814. The molecule has 25 heavy (non-hydrogen) atoms. The Balaban J connectivity index is 1.50. The van der Waals surface area contributed by atoms with E-state index in [2.05, 4.69) is 35.1 Å². The van der Waals surface area contributed by atoms with Crippen LogP contribution >= 0.6 is 11.3 Å². The molecule has 3 aromatic rings. The molecule has 1 fully saturated rings. The van der Waals surface area contributed by atoms with E-state index in [9.17, 15) is 0 Å². The van der Waals surface area contributed by atoms with Crippen molar-refractivity contribution in [2.75, 3.05) is 18.4 Å². The molecule has 4 heterocycles. The first kappa shape index (κ1) is 16.2. The summed E-state index contributed by atoms with van der Waals surface area (Å²) in [5.74, 6) is 1.19. The summed E-state index contributed by atoms with van der Waals surface area (Å²) >= 11 is 1.59. The lowest BCUT2D eigenvalue weighted by Crippen LogP contribution is -2.34. The van der Waals surface area contributed by atoms with Crippen LogP contribution in [0.4, 0.5) is 10.9 Å². The van der Waals surface area contributed by atoms with Gasteiger partial charge in [-0.3, -0.25) is 9.88 Å². The molecule has 0 amide bonds. The summed E-state index contributed by atoms with van der Waals surface area (Å²) in [7, 11) is 0. The van der Waals surface area contributed by atoms with Gasteiger partial charge in [-0.25, -0.2) is 15.0 Å². The number of nitrogens with zero attached hydrogens (tertiary/aromatic N) is 5. The zero-order chi connectivity index (χ0) is 17.1. The van der Waals surface area contributed by atoms with Crippen molar-refractivity contribution in [1.29, 1.82) is 0 Å². The average molecular weight is 355 g/mol. The van der Waals surface area contributed by atoms with Crippen molar-refractivity contribution in [2.45, 2.75) is 32.2 Å². The third kappa shape index (κ3) is 3.85. The Morgan fingerprint density at radius 2 is 2.28 bits per heavy atom. The molecule has 0 aromatic carbocycles. The maximum absolute atomic E-state index is 4.64. The predicted molar refractivity (Wildman–Crippen MR) is 98.0 cm³/mol. The molecule has 1 saturated heterocycles. The lowest BCUT2D eigenvalue weighted by atomic mass is 9.94. The zero-order valence-electron chi connectivity index (χ0n) is 14.1. The molecule has 1 aliphatic heterocycles. The standard InChI is InChI=1S/C17H21N7S/c1-12-10-25-17(22-12)23-16-15(19-4-5-20-16)13-3-2-6-24(8-13)9-14-7-18-11-21-14/h4-5,7,10-11,13H,2-3,6,8-9H2,1H3,(H,18,21)(H,20,22,23)/t13-/m1/s1. The topological polar surface area (TPSA) is 82.6 Å². The number of anilines is 2. The Kier molecular flexibility index (Phi) is 4.71. The van der Waals surface area contributed by atoms with Gasteiger partial charge in [0, 0.05) is 48.7 Å². The summed E-state index contributed by atoms with van der Waals surface area (Å²) in [6.45, 7) is 4.96. The second kappa shape index (κ2) is 7.28. The minimum atomic E-state index is 0.369. The first-order chi connectivity index (χ1) is 12.3. The van der Waals surface area contributed by atoms with Crippen molar-refractivity contribution in [3.63, 3.8) is 0 Å².